The molecule has 0 saturated carbocycles. The topological polar surface area (TPSA) is 90.4 Å². The number of hydrogen-bond acceptors (Lipinski definition) is 5. The van der Waals surface area contributed by atoms with E-state index in [2.05, 4.69) is 0 Å². The minimum Gasteiger partial charge on any atom is -0.508 e. The van der Waals surface area contributed by atoms with Crippen molar-refractivity contribution in [3.63, 3.8) is 0 Å². The van der Waals surface area contributed by atoms with E-state index in [0.29, 0.717) is 44.7 Å². The monoisotopic (exact) mass is 373 g/mol. The van der Waals surface area contributed by atoms with Gasteiger partial charge in [0.1, 0.15) is 11.4 Å². The highest BCUT2D eigenvalue weighted by atomic mass is 16.6. The van der Waals surface area contributed by atoms with Gasteiger partial charge in [0.25, 0.3) is 0 Å². The second-order valence-corrected chi connectivity index (χ2v) is 7.66. The van der Waals surface area contributed by atoms with E-state index in [0.717, 1.165) is 0 Å². The Morgan fingerprint density at radius 3 is 2.63 bits per heavy atom. The third kappa shape index (κ3) is 3.20. The molecular weight excluding hydrogens is 350 g/mol. The summed E-state index contributed by atoms with van der Waals surface area (Å²) in [7, 11) is 1.72. The summed E-state index contributed by atoms with van der Waals surface area (Å²) < 4.78 is 5.52. The van der Waals surface area contributed by atoms with E-state index in [9.17, 15) is 19.5 Å². The predicted molar refractivity (Wildman–Crippen MR) is 96.2 cm³/mol. The number of aromatic hydroxyl groups is 1. The van der Waals surface area contributed by atoms with Gasteiger partial charge in [0, 0.05) is 57.7 Å². The van der Waals surface area contributed by atoms with Gasteiger partial charge in [-0.05, 0) is 12.1 Å². The van der Waals surface area contributed by atoms with E-state index in [1.807, 2.05) is 0 Å². The van der Waals surface area contributed by atoms with E-state index < -0.39 is 5.60 Å². The van der Waals surface area contributed by atoms with Crippen molar-refractivity contribution in [2.45, 2.75) is 24.9 Å². The SMILES string of the molecule is CN1CC2(CCN(C(=O)[C@H]3CC(=O)N(c4cccc(O)c4)C3)CC2)OC1=O. The fraction of sp³-hybridized carbons (Fsp3) is 0.526. The fourth-order valence-electron chi connectivity index (χ4n) is 4.23. The molecule has 3 amide bonds. The van der Waals surface area contributed by atoms with Crippen LogP contribution in [0.4, 0.5) is 10.5 Å². The molecule has 3 saturated heterocycles. The molecule has 1 aromatic rings. The van der Waals surface area contributed by atoms with Crippen LogP contribution < -0.4 is 4.90 Å². The van der Waals surface area contributed by atoms with Crippen molar-refractivity contribution >= 4 is 23.6 Å². The fourth-order valence-corrected chi connectivity index (χ4v) is 4.23. The Kier molecular flexibility index (Phi) is 4.20. The van der Waals surface area contributed by atoms with Crippen molar-refractivity contribution in [2.75, 3.05) is 38.1 Å². The molecule has 8 nitrogen and oxygen atoms in total. The largest absolute Gasteiger partial charge is 0.508 e. The number of phenols is 1. The zero-order valence-corrected chi connectivity index (χ0v) is 15.3. The molecule has 144 valence electrons. The normalized spacial score (nSPS) is 24.6. The van der Waals surface area contributed by atoms with E-state index in [1.54, 1.807) is 39.9 Å². The summed E-state index contributed by atoms with van der Waals surface area (Å²) in [5, 5.41) is 9.62. The number of nitrogens with zero attached hydrogens (tertiary/aromatic N) is 3. The standard InChI is InChI=1S/C19H23N3O5/c1-20-12-19(27-18(20)26)5-7-21(8-6-19)17(25)13-9-16(24)22(11-13)14-3-2-4-15(23)10-14/h2-4,10,13,23H,5-9,11-12H2,1H3/t13-/m0/s1. The Balaban J connectivity index is 1.38. The quantitative estimate of drug-likeness (QED) is 0.841. The summed E-state index contributed by atoms with van der Waals surface area (Å²) >= 11 is 0. The number of piperidine rings is 1. The lowest BCUT2D eigenvalue weighted by Crippen LogP contribution is -2.50. The van der Waals surface area contributed by atoms with Crippen LogP contribution in [0.1, 0.15) is 19.3 Å². The van der Waals surface area contributed by atoms with Gasteiger partial charge in [-0.25, -0.2) is 4.79 Å². The molecule has 3 aliphatic heterocycles. The number of likely N-dealkylation sites (tertiary alicyclic amines) is 1. The number of hydrogen-bond donors (Lipinski definition) is 1. The van der Waals surface area contributed by atoms with Crippen LogP contribution >= 0.6 is 0 Å². The first-order valence-corrected chi connectivity index (χ1v) is 9.19. The maximum atomic E-state index is 12.9. The van der Waals surface area contributed by atoms with Gasteiger partial charge in [0.15, 0.2) is 0 Å². The Morgan fingerprint density at radius 2 is 2.00 bits per heavy atom. The van der Waals surface area contributed by atoms with Crippen LogP contribution in [0, 0.1) is 5.92 Å². The Morgan fingerprint density at radius 1 is 1.26 bits per heavy atom. The number of benzene rings is 1. The molecule has 0 unspecified atom stereocenters. The highest BCUT2D eigenvalue weighted by Gasteiger charge is 2.47. The molecule has 3 fully saturated rings. The third-order valence-electron chi connectivity index (χ3n) is 5.74. The number of rotatable bonds is 2. The molecule has 0 aromatic heterocycles. The highest BCUT2D eigenvalue weighted by Crippen LogP contribution is 2.34. The second-order valence-electron chi connectivity index (χ2n) is 7.66. The smallest absolute Gasteiger partial charge is 0.410 e. The van der Waals surface area contributed by atoms with Crippen LogP contribution in [0.5, 0.6) is 5.75 Å². The average Bonchev–Trinajstić information content (AvgIpc) is 3.15. The zero-order valence-electron chi connectivity index (χ0n) is 15.3. The van der Waals surface area contributed by atoms with Crippen LogP contribution in [-0.4, -0.2) is 71.6 Å². The van der Waals surface area contributed by atoms with E-state index in [4.69, 9.17) is 4.74 Å². The minimum atomic E-state index is -0.484. The van der Waals surface area contributed by atoms with Crippen molar-refractivity contribution in [1.29, 1.82) is 0 Å². The van der Waals surface area contributed by atoms with Gasteiger partial charge in [-0.3, -0.25) is 9.59 Å². The molecule has 0 aliphatic carbocycles. The Bertz CT molecular complexity index is 787. The second kappa shape index (κ2) is 6.44. The van der Waals surface area contributed by atoms with Gasteiger partial charge in [-0.2, -0.15) is 0 Å². The first-order chi connectivity index (χ1) is 12.9. The summed E-state index contributed by atoms with van der Waals surface area (Å²) in [5.41, 5.74) is 0.121. The Labute approximate surface area is 157 Å². The molecule has 1 aromatic carbocycles. The number of phenolic OH excluding ortho intramolecular Hbond substituents is 1. The van der Waals surface area contributed by atoms with Crippen molar-refractivity contribution in [2.24, 2.45) is 5.92 Å². The van der Waals surface area contributed by atoms with Crippen molar-refractivity contribution in [3.05, 3.63) is 24.3 Å². The van der Waals surface area contributed by atoms with Crippen LogP contribution in [0.25, 0.3) is 0 Å². The lowest BCUT2D eigenvalue weighted by Gasteiger charge is -2.38. The zero-order chi connectivity index (χ0) is 19.2. The van der Waals surface area contributed by atoms with E-state index >= 15 is 0 Å². The number of amides is 3. The van der Waals surface area contributed by atoms with Gasteiger partial charge in [-0.1, -0.05) is 6.07 Å². The predicted octanol–water partition coefficient (Wildman–Crippen LogP) is 1.19. The number of carbonyl (C=O) groups is 3. The average molecular weight is 373 g/mol. The molecule has 27 heavy (non-hydrogen) atoms. The van der Waals surface area contributed by atoms with Crippen LogP contribution in [0.2, 0.25) is 0 Å². The van der Waals surface area contributed by atoms with E-state index in [1.165, 1.54) is 6.07 Å². The van der Waals surface area contributed by atoms with Gasteiger partial charge >= 0.3 is 6.09 Å². The number of carbonyl (C=O) groups excluding carboxylic acids is 3. The van der Waals surface area contributed by atoms with Crippen LogP contribution in [0.3, 0.4) is 0 Å². The molecule has 1 N–H and O–H groups in total. The molecule has 1 spiro atoms. The maximum absolute atomic E-state index is 12.9. The van der Waals surface area contributed by atoms with Gasteiger partial charge < -0.3 is 24.5 Å². The molecule has 3 aliphatic rings. The molecular formula is C19H23N3O5. The first-order valence-electron chi connectivity index (χ1n) is 9.19. The summed E-state index contributed by atoms with van der Waals surface area (Å²) in [6.45, 7) is 1.93. The van der Waals surface area contributed by atoms with E-state index in [-0.39, 0.29) is 36.0 Å². The number of likely N-dealkylation sites (N-methyl/N-ethyl adjacent to an activating group) is 1. The summed E-state index contributed by atoms with van der Waals surface area (Å²) in [6.07, 6.45) is 1.10. The highest BCUT2D eigenvalue weighted by molar-refractivity contribution is 6.00. The van der Waals surface area contributed by atoms with Gasteiger partial charge in [0.2, 0.25) is 11.8 Å². The molecule has 0 bridgehead atoms. The van der Waals surface area contributed by atoms with Crippen molar-refractivity contribution in [3.8, 4) is 5.75 Å². The molecule has 8 heteroatoms. The third-order valence-corrected chi connectivity index (χ3v) is 5.74. The van der Waals surface area contributed by atoms with Gasteiger partial charge in [0.05, 0.1) is 12.5 Å². The summed E-state index contributed by atoms with van der Waals surface area (Å²) in [5.74, 6) is -0.438. The van der Waals surface area contributed by atoms with Gasteiger partial charge in [-0.15, -0.1) is 0 Å². The summed E-state index contributed by atoms with van der Waals surface area (Å²) in [6, 6.07) is 6.50. The lowest BCUT2D eigenvalue weighted by atomic mass is 9.90. The minimum absolute atomic E-state index is 0.0291. The molecule has 3 heterocycles. The van der Waals surface area contributed by atoms with Crippen molar-refractivity contribution < 1.29 is 24.2 Å². The lowest BCUT2D eigenvalue weighted by molar-refractivity contribution is -0.139. The Hall–Kier alpha value is -2.77. The first kappa shape index (κ1) is 17.6. The summed E-state index contributed by atoms with van der Waals surface area (Å²) in [4.78, 5) is 41.8. The molecule has 4 rings (SSSR count). The number of anilines is 1. The molecule has 1 atom stereocenters. The van der Waals surface area contributed by atoms with Crippen LogP contribution in [-0.2, 0) is 14.3 Å². The van der Waals surface area contributed by atoms with Crippen LogP contribution in [0.15, 0.2) is 24.3 Å². The van der Waals surface area contributed by atoms with Crippen molar-refractivity contribution in [1.82, 2.24) is 9.80 Å². The number of ether oxygens (including phenoxy) is 1. The molecule has 0 radical (unpaired) electrons. The maximum Gasteiger partial charge on any atom is 0.410 e.